The van der Waals surface area contributed by atoms with E-state index in [4.69, 9.17) is 5.73 Å². The third kappa shape index (κ3) is 3.14. The number of hydrogen-bond acceptors (Lipinski definition) is 4. The normalized spacial score (nSPS) is 17.4. The molecule has 1 aliphatic rings. The van der Waals surface area contributed by atoms with Crippen molar-refractivity contribution in [3.63, 3.8) is 0 Å². The van der Waals surface area contributed by atoms with Crippen molar-refractivity contribution in [1.29, 1.82) is 0 Å². The quantitative estimate of drug-likeness (QED) is 0.913. The van der Waals surface area contributed by atoms with Crippen LogP contribution in [0.4, 0.5) is 5.13 Å². The van der Waals surface area contributed by atoms with Gasteiger partial charge in [-0.25, -0.2) is 4.98 Å². The summed E-state index contributed by atoms with van der Waals surface area (Å²) >= 11 is 1.48. The summed E-state index contributed by atoms with van der Waals surface area (Å²) in [5.74, 6) is -0.101. The number of carbonyl (C=O) groups is 1. The SMILES string of the molecule is NC1(C(=O)Nc2ncc(-c3ccccc3)s2)CCCCC1. The van der Waals surface area contributed by atoms with E-state index in [2.05, 4.69) is 10.3 Å². The molecule has 3 rings (SSSR count). The fourth-order valence-corrected chi connectivity index (χ4v) is 3.52. The van der Waals surface area contributed by atoms with Gasteiger partial charge in [-0.05, 0) is 18.4 Å². The van der Waals surface area contributed by atoms with Crippen LogP contribution in [0.15, 0.2) is 36.5 Å². The van der Waals surface area contributed by atoms with Crippen molar-refractivity contribution in [3.8, 4) is 10.4 Å². The molecule has 1 aliphatic carbocycles. The minimum atomic E-state index is -0.725. The minimum absolute atomic E-state index is 0.101. The maximum Gasteiger partial charge on any atom is 0.246 e. The van der Waals surface area contributed by atoms with E-state index in [1.54, 1.807) is 6.20 Å². The molecule has 3 N–H and O–H groups in total. The minimum Gasteiger partial charge on any atom is -0.317 e. The van der Waals surface area contributed by atoms with E-state index in [1.807, 2.05) is 30.3 Å². The third-order valence-electron chi connectivity index (χ3n) is 3.98. The van der Waals surface area contributed by atoms with Crippen molar-refractivity contribution in [2.75, 3.05) is 5.32 Å². The number of carbonyl (C=O) groups excluding carboxylic acids is 1. The highest BCUT2D eigenvalue weighted by Crippen LogP contribution is 2.31. The second kappa shape index (κ2) is 5.95. The van der Waals surface area contributed by atoms with Crippen LogP contribution in [0.2, 0.25) is 0 Å². The number of amides is 1. The largest absolute Gasteiger partial charge is 0.317 e. The van der Waals surface area contributed by atoms with Crippen LogP contribution >= 0.6 is 11.3 Å². The summed E-state index contributed by atoms with van der Waals surface area (Å²) in [5, 5.41) is 3.51. The first-order chi connectivity index (χ1) is 10.2. The predicted molar refractivity (Wildman–Crippen MR) is 86.2 cm³/mol. The highest BCUT2D eigenvalue weighted by Gasteiger charge is 2.35. The summed E-state index contributed by atoms with van der Waals surface area (Å²) in [6, 6.07) is 10.0. The molecule has 1 fully saturated rings. The van der Waals surface area contributed by atoms with Crippen molar-refractivity contribution in [2.45, 2.75) is 37.6 Å². The lowest BCUT2D eigenvalue weighted by atomic mass is 9.82. The van der Waals surface area contributed by atoms with E-state index in [1.165, 1.54) is 17.8 Å². The molecule has 0 spiro atoms. The lowest BCUT2D eigenvalue weighted by molar-refractivity contribution is -0.122. The monoisotopic (exact) mass is 301 g/mol. The van der Waals surface area contributed by atoms with Crippen LogP contribution in [0.3, 0.4) is 0 Å². The first-order valence-electron chi connectivity index (χ1n) is 7.29. The smallest absolute Gasteiger partial charge is 0.246 e. The Morgan fingerprint density at radius 1 is 1.19 bits per heavy atom. The van der Waals surface area contributed by atoms with Gasteiger partial charge in [0.1, 0.15) is 0 Å². The van der Waals surface area contributed by atoms with Crippen molar-refractivity contribution >= 4 is 22.4 Å². The summed E-state index contributed by atoms with van der Waals surface area (Å²) < 4.78 is 0. The molecule has 1 aromatic heterocycles. The summed E-state index contributed by atoms with van der Waals surface area (Å²) in [6.45, 7) is 0. The topological polar surface area (TPSA) is 68.0 Å². The molecule has 21 heavy (non-hydrogen) atoms. The fraction of sp³-hybridized carbons (Fsp3) is 0.375. The van der Waals surface area contributed by atoms with E-state index < -0.39 is 5.54 Å². The molecule has 0 saturated heterocycles. The van der Waals surface area contributed by atoms with Gasteiger partial charge < -0.3 is 11.1 Å². The van der Waals surface area contributed by atoms with Crippen LogP contribution in [-0.4, -0.2) is 16.4 Å². The van der Waals surface area contributed by atoms with E-state index in [9.17, 15) is 4.79 Å². The van der Waals surface area contributed by atoms with Crippen LogP contribution in [-0.2, 0) is 4.79 Å². The summed E-state index contributed by atoms with van der Waals surface area (Å²) in [5.41, 5.74) is 6.61. The number of nitrogens with two attached hydrogens (primary N) is 1. The molecule has 5 heteroatoms. The molecule has 1 saturated carbocycles. The molecule has 1 aromatic carbocycles. The first kappa shape index (κ1) is 14.2. The van der Waals surface area contributed by atoms with Gasteiger partial charge in [-0.3, -0.25) is 4.79 Å². The molecule has 0 atom stereocenters. The summed E-state index contributed by atoms with van der Waals surface area (Å²) in [7, 11) is 0. The van der Waals surface area contributed by atoms with Gasteiger partial charge in [0.15, 0.2) is 5.13 Å². The number of anilines is 1. The Morgan fingerprint density at radius 2 is 1.90 bits per heavy atom. The van der Waals surface area contributed by atoms with Gasteiger partial charge in [0, 0.05) is 6.20 Å². The lowest BCUT2D eigenvalue weighted by Crippen LogP contribution is -2.52. The molecule has 0 radical (unpaired) electrons. The Labute approximate surface area is 128 Å². The van der Waals surface area contributed by atoms with E-state index >= 15 is 0 Å². The molecule has 1 heterocycles. The van der Waals surface area contributed by atoms with Crippen LogP contribution in [0.5, 0.6) is 0 Å². The van der Waals surface area contributed by atoms with E-state index in [0.717, 1.165) is 36.1 Å². The number of hydrogen-bond donors (Lipinski definition) is 2. The van der Waals surface area contributed by atoms with Crippen molar-refractivity contribution < 1.29 is 4.79 Å². The molecule has 0 unspecified atom stereocenters. The molecule has 0 aliphatic heterocycles. The van der Waals surface area contributed by atoms with Crippen molar-refractivity contribution in [3.05, 3.63) is 36.5 Å². The fourth-order valence-electron chi connectivity index (χ4n) is 2.70. The maximum absolute atomic E-state index is 12.4. The predicted octanol–water partition coefficient (Wildman–Crippen LogP) is 3.41. The average Bonchev–Trinajstić information content (AvgIpc) is 2.97. The van der Waals surface area contributed by atoms with Crippen molar-refractivity contribution in [2.24, 2.45) is 5.73 Å². The molecular formula is C16H19N3OS. The number of rotatable bonds is 3. The van der Waals surface area contributed by atoms with Gasteiger partial charge in [0.05, 0.1) is 10.4 Å². The highest BCUT2D eigenvalue weighted by molar-refractivity contribution is 7.19. The molecule has 2 aromatic rings. The number of nitrogens with zero attached hydrogens (tertiary/aromatic N) is 1. The van der Waals surface area contributed by atoms with Gasteiger partial charge in [0.2, 0.25) is 5.91 Å². The van der Waals surface area contributed by atoms with Gasteiger partial charge in [-0.2, -0.15) is 0 Å². The zero-order valence-electron chi connectivity index (χ0n) is 11.8. The Morgan fingerprint density at radius 3 is 2.62 bits per heavy atom. The third-order valence-corrected chi connectivity index (χ3v) is 4.94. The molecular weight excluding hydrogens is 282 g/mol. The number of nitrogens with one attached hydrogen (secondary N) is 1. The zero-order chi connectivity index (χ0) is 14.7. The number of benzene rings is 1. The van der Waals surface area contributed by atoms with Crippen LogP contribution < -0.4 is 11.1 Å². The highest BCUT2D eigenvalue weighted by atomic mass is 32.1. The van der Waals surface area contributed by atoms with Gasteiger partial charge in [-0.15, -0.1) is 0 Å². The van der Waals surface area contributed by atoms with Gasteiger partial charge in [0.25, 0.3) is 0 Å². The van der Waals surface area contributed by atoms with Gasteiger partial charge >= 0.3 is 0 Å². The second-order valence-corrected chi connectivity index (χ2v) is 6.60. The number of aromatic nitrogens is 1. The van der Waals surface area contributed by atoms with Crippen LogP contribution in [0.1, 0.15) is 32.1 Å². The molecule has 0 bridgehead atoms. The molecule has 4 nitrogen and oxygen atoms in total. The maximum atomic E-state index is 12.4. The number of thiazole rings is 1. The standard InChI is InChI=1S/C16H19N3OS/c17-16(9-5-2-6-10-16)14(20)19-15-18-11-13(21-15)12-7-3-1-4-8-12/h1,3-4,7-8,11H,2,5-6,9-10,17H2,(H,18,19,20). The van der Waals surface area contributed by atoms with Crippen LogP contribution in [0, 0.1) is 0 Å². The second-order valence-electron chi connectivity index (χ2n) is 5.57. The average molecular weight is 301 g/mol. The van der Waals surface area contributed by atoms with Crippen molar-refractivity contribution in [1.82, 2.24) is 4.98 Å². The Kier molecular flexibility index (Phi) is 4.03. The van der Waals surface area contributed by atoms with Gasteiger partial charge in [-0.1, -0.05) is 60.9 Å². The summed E-state index contributed by atoms with van der Waals surface area (Å²) in [4.78, 5) is 17.7. The zero-order valence-corrected chi connectivity index (χ0v) is 12.7. The lowest BCUT2D eigenvalue weighted by Gasteiger charge is -2.31. The molecule has 1 amide bonds. The Balaban J connectivity index is 1.71. The Hall–Kier alpha value is -1.72. The van der Waals surface area contributed by atoms with E-state index in [-0.39, 0.29) is 5.91 Å². The summed E-state index contributed by atoms with van der Waals surface area (Å²) in [6.07, 6.45) is 6.53. The van der Waals surface area contributed by atoms with Crippen LogP contribution in [0.25, 0.3) is 10.4 Å². The Bertz CT molecular complexity index is 617. The molecule has 110 valence electrons. The first-order valence-corrected chi connectivity index (χ1v) is 8.11. The van der Waals surface area contributed by atoms with E-state index in [0.29, 0.717) is 5.13 Å².